The summed E-state index contributed by atoms with van der Waals surface area (Å²) < 4.78 is 16.4. The molecule has 0 radical (unpaired) electrons. The van der Waals surface area contributed by atoms with Crippen molar-refractivity contribution in [3.63, 3.8) is 0 Å². The Bertz CT molecular complexity index is 153. The minimum absolute atomic E-state index is 0.342. The molecule has 0 aromatic heterocycles. The second-order valence-corrected chi connectivity index (χ2v) is 5.37. The van der Waals surface area contributed by atoms with Crippen LogP contribution in [0.1, 0.15) is 26.7 Å². The summed E-state index contributed by atoms with van der Waals surface area (Å²) in [6.45, 7) is 6.69. The quantitative estimate of drug-likeness (QED) is 0.594. The van der Waals surface area contributed by atoms with Crippen molar-refractivity contribution in [1.82, 2.24) is 5.32 Å². The molecule has 14 heavy (non-hydrogen) atoms. The number of hydrogen-bond acceptors (Lipinski definition) is 3. The van der Waals surface area contributed by atoms with Crippen LogP contribution in [-0.2, 0) is 15.5 Å². The van der Waals surface area contributed by atoms with Gasteiger partial charge in [0.2, 0.25) is 0 Å². The van der Waals surface area contributed by atoms with Crippen LogP contribution in [0, 0.1) is 0 Å². The van der Waals surface area contributed by atoms with Gasteiger partial charge in [-0.05, 0) is 19.4 Å². The van der Waals surface area contributed by atoms with Crippen LogP contribution in [0.3, 0.4) is 0 Å². The van der Waals surface area contributed by atoms with Crippen molar-refractivity contribution in [2.45, 2.75) is 31.9 Å². The first-order valence-corrected chi connectivity index (χ1v) is 6.67. The maximum absolute atomic E-state index is 11.5. The van der Waals surface area contributed by atoms with Gasteiger partial charge in [0.25, 0.3) is 0 Å². The fourth-order valence-corrected chi connectivity index (χ4v) is 2.23. The van der Waals surface area contributed by atoms with Crippen molar-refractivity contribution in [2.24, 2.45) is 0 Å². The lowest BCUT2D eigenvalue weighted by molar-refractivity contribution is 0.199. The van der Waals surface area contributed by atoms with Crippen molar-refractivity contribution in [2.75, 3.05) is 32.6 Å². The number of ether oxygens (including phenoxy) is 1. The van der Waals surface area contributed by atoms with Gasteiger partial charge in [-0.3, -0.25) is 4.21 Å². The molecule has 3 nitrogen and oxygen atoms in total. The molecule has 0 heterocycles. The van der Waals surface area contributed by atoms with E-state index in [1.54, 1.807) is 7.11 Å². The Morgan fingerprint density at radius 3 is 2.71 bits per heavy atom. The summed E-state index contributed by atoms with van der Waals surface area (Å²) in [6.07, 6.45) is 1.99. The Balaban J connectivity index is 3.23. The van der Waals surface area contributed by atoms with Crippen LogP contribution < -0.4 is 5.32 Å². The minimum Gasteiger partial charge on any atom is -0.383 e. The standard InChI is InChI=1S/C10H23NO2S/c1-4-10(2)14(12)9-5-6-11-7-8-13-3/h10-11H,4-9H2,1-3H3. The predicted molar refractivity (Wildman–Crippen MR) is 62.1 cm³/mol. The first-order chi connectivity index (χ1) is 6.72. The van der Waals surface area contributed by atoms with E-state index in [0.29, 0.717) is 5.25 Å². The molecule has 4 heteroatoms. The van der Waals surface area contributed by atoms with Gasteiger partial charge in [-0.25, -0.2) is 0 Å². The highest BCUT2D eigenvalue weighted by Crippen LogP contribution is 2.01. The summed E-state index contributed by atoms with van der Waals surface area (Å²) in [4.78, 5) is 0. The third kappa shape index (κ3) is 7.47. The second-order valence-electron chi connectivity index (χ2n) is 3.40. The SMILES string of the molecule is CCC(C)S(=O)CCCNCCOC. The van der Waals surface area contributed by atoms with Gasteiger partial charge in [0, 0.05) is 35.5 Å². The van der Waals surface area contributed by atoms with Gasteiger partial charge < -0.3 is 10.1 Å². The molecule has 2 unspecified atom stereocenters. The van der Waals surface area contributed by atoms with E-state index < -0.39 is 10.8 Å². The minimum atomic E-state index is -0.643. The maximum Gasteiger partial charge on any atom is 0.0587 e. The molecule has 0 fully saturated rings. The van der Waals surface area contributed by atoms with Crippen LogP contribution in [0.4, 0.5) is 0 Å². The Labute approximate surface area is 90.1 Å². The Kier molecular flexibility index (Phi) is 9.67. The summed E-state index contributed by atoms with van der Waals surface area (Å²) in [6, 6.07) is 0. The van der Waals surface area contributed by atoms with Crippen LogP contribution in [-0.4, -0.2) is 42.0 Å². The van der Waals surface area contributed by atoms with E-state index in [1.807, 2.05) is 0 Å². The second kappa shape index (κ2) is 9.62. The monoisotopic (exact) mass is 221 g/mol. The lowest BCUT2D eigenvalue weighted by Crippen LogP contribution is -2.22. The van der Waals surface area contributed by atoms with Crippen LogP contribution in [0.5, 0.6) is 0 Å². The van der Waals surface area contributed by atoms with Crippen LogP contribution in [0.15, 0.2) is 0 Å². The van der Waals surface area contributed by atoms with Crippen molar-refractivity contribution in [3.8, 4) is 0 Å². The van der Waals surface area contributed by atoms with Gasteiger partial charge in [0.15, 0.2) is 0 Å². The molecule has 0 aromatic carbocycles. The van der Waals surface area contributed by atoms with Crippen molar-refractivity contribution < 1.29 is 8.95 Å². The highest BCUT2D eigenvalue weighted by atomic mass is 32.2. The zero-order valence-electron chi connectivity index (χ0n) is 9.54. The van der Waals surface area contributed by atoms with Crippen molar-refractivity contribution >= 4 is 10.8 Å². The number of rotatable bonds is 9. The molecule has 0 aliphatic heterocycles. The molecule has 0 aliphatic carbocycles. The summed E-state index contributed by atoms with van der Waals surface area (Å²) in [7, 11) is 1.05. The van der Waals surface area contributed by atoms with Crippen molar-refractivity contribution in [1.29, 1.82) is 0 Å². The van der Waals surface area contributed by atoms with Gasteiger partial charge in [-0.2, -0.15) is 0 Å². The third-order valence-electron chi connectivity index (χ3n) is 2.21. The average molecular weight is 221 g/mol. The fourth-order valence-electron chi connectivity index (χ4n) is 1.03. The zero-order chi connectivity index (χ0) is 10.8. The lowest BCUT2D eigenvalue weighted by Gasteiger charge is -2.08. The van der Waals surface area contributed by atoms with E-state index in [0.717, 1.165) is 38.3 Å². The molecule has 0 amide bonds. The molecule has 0 rings (SSSR count). The highest BCUT2D eigenvalue weighted by molar-refractivity contribution is 7.85. The van der Waals surface area contributed by atoms with E-state index in [1.165, 1.54) is 0 Å². The Morgan fingerprint density at radius 1 is 1.43 bits per heavy atom. The lowest BCUT2D eigenvalue weighted by atomic mass is 10.4. The normalized spacial score (nSPS) is 15.4. The number of nitrogens with one attached hydrogen (secondary N) is 1. The topological polar surface area (TPSA) is 38.3 Å². The molecule has 2 atom stereocenters. The summed E-state index contributed by atoms with van der Waals surface area (Å²) in [5.41, 5.74) is 0. The van der Waals surface area contributed by atoms with Crippen LogP contribution in [0.25, 0.3) is 0 Å². The third-order valence-corrected chi connectivity index (χ3v) is 4.13. The molecule has 0 spiro atoms. The van der Waals surface area contributed by atoms with Gasteiger partial charge >= 0.3 is 0 Å². The first kappa shape index (κ1) is 14.1. The van der Waals surface area contributed by atoms with Gasteiger partial charge in [0.05, 0.1) is 6.61 Å². The smallest absolute Gasteiger partial charge is 0.0587 e. The molecular weight excluding hydrogens is 198 g/mol. The fraction of sp³-hybridized carbons (Fsp3) is 1.00. The van der Waals surface area contributed by atoms with E-state index in [-0.39, 0.29) is 0 Å². The summed E-state index contributed by atoms with van der Waals surface area (Å²) >= 11 is 0. The van der Waals surface area contributed by atoms with Gasteiger partial charge in [0.1, 0.15) is 0 Å². The Morgan fingerprint density at radius 2 is 2.14 bits per heavy atom. The van der Waals surface area contributed by atoms with E-state index >= 15 is 0 Å². The van der Waals surface area contributed by atoms with Gasteiger partial charge in [-0.1, -0.05) is 13.8 Å². The first-order valence-electron chi connectivity index (χ1n) is 5.29. The number of methoxy groups -OCH3 is 1. The molecule has 86 valence electrons. The summed E-state index contributed by atoms with van der Waals surface area (Å²) in [5, 5.41) is 3.58. The van der Waals surface area contributed by atoms with Crippen molar-refractivity contribution in [3.05, 3.63) is 0 Å². The summed E-state index contributed by atoms with van der Waals surface area (Å²) in [5.74, 6) is 0.814. The van der Waals surface area contributed by atoms with Gasteiger partial charge in [-0.15, -0.1) is 0 Å². The van der Waals surface area contributed by atoms with Crippen LogP contribution >= 0.6 is 0 Å². The molecular formula is C10H23NO2S. The Hall–Kier alpha value is 0.0700. The maximum atomic E-state index is 11.5. The predicted octanol–water partition coefficient (Wildman–Crippen LogP) is 1.16. The molecule has 0 saturated carbocycles. The molecule has 0 aromatic rings. The zero-order valence-corrected chi connectivity index (χ0v) is 10.4. The van der Waals surface area contributed by atoms with E-state index in [4.69, 9.17) is 4.74 Å². The molecule has 0 aliphatic rings. The largest absolute Gasteiger partial charge is 0.383 e. The average Bonchev–Trinajstić information content (AvgIpc) is 2.21. The molecule has 0 saturated heterocycles. The van der Waals surface area contributed by atoms with E-state index in [9.17, 15) is 4.21 Å². The number of hydrogen-bond donors (Lipinski definition) is 1. The molecule has 1 N–H and O–H groups in total. The van der Waals surface area contributed by atoms with Crippen LogP contribution in [0.2, 0.25) is 0 Å². The highest BCUT2D eigenvalue weighted by Gasteiger charge is 2.07. The van der Waals surface area contributed by atoms with E-state index in [2.05, 4.69) is 19.2 Å². The molecule has 0 bridgehead atoms.